The van der Waals surface area contributed by atoms with E-state index in [9.17, 15) is 0 Å². The van der Waals surface area contributed by atoms with Crippen molar-refractivity contribution in [1.82, 2.24) is 4.90 Å². The molecule has 1 saturated heterocycles. The van der Waals surface area contributed by atoms with Gasteiger partial charge in [-0.15, -0.1) is 0 Å². The van der Waals surface area contributed by atoms with Gasteiger partial charge in [0.2, 0.25) is 0 Å². The first kappa shape index (κ1) is 12.0. The number of nitrogens with zero attached hydrogens (tertiary/aromatic N) is 1. The van der Waals surface area contributed by atoms with E-state index >= 15 is 0 Å². The van der Waals surface area contributed by atoms with Gasteiger partial charge in [0.15, 0.2) is 0 Å². The minimum Gasteiger partial charge on any atom is -0.330 e. The highest BCUT2D eigenvalue weighted by molar-refractivity contribution is 4.84. The lowest BCUT2D eigenvalue weighted by molar-refractivity contribution is 0.221. The van der Waals surface area contributed by atoms with Gasteiger partial charge in [-0.05, 0) is 36.8 Å². The zero-order valence-electron chi connectivity index (χ0n) is 10.2. The number of nitrogens with two attached hydrogens (primary N) is 1. The van der Waals surface area contributed by atoms with Crippen molar-refractivity contribution in [1.29, 1.82) is 0 Å². The van der Waals surface area contributed by atoms with Gasteiger partial charge in [-0.3, -0.25) is 0 Å². The zero-order valence-corrected chi connectivity index (χ0v) is 10.2. The number of hydrogen-bond donors (Lipinski definition) is 1. The molecule has 0 aromatic carbocycles. The molecule has 1 aliphatic rings. The van der Waals surface area contributed by atoms with E-state index < -0.39 is 0 Å². The minimum absolute atomic E-state index is 0.524. The first-order chi connectivity index (χ1) is 6.44. The van der Waals surface area contributed by atoms with Crippen LogP contribution < -0.4 is 5.73 Å². The molecule has 2 nitrogen and oxygen atoms in total. The third-order valence-corrected chi connectivity index (χ3v) is 3.49. The second-order valence-corrected chi connectivity index (χ2v) is 5.89. The lowest BCUT2D eigenvalue weighted by Crippen LogP contribution is -2.35. The first-order valence-corrected chi connectivity index (χ1v) is 5.87. The summed E-state index contributed by atoms with van der Waals surface area (Å²) in [5.74, 6) is 1.38. The average molecular weight is 198 g/mol. The van der Waals surface area contributed by atoms with Crippen molar-refractivity contribution < 1.29 is 0 Å². The van der Waals surface area contributed by atoms with Gasteiger partial charge >= 0.3 is 0 Å². The first-order valence-electron chi connectivity index (χ1n) is 5.87. The molecule has 1 aliphatic heterocycles. The van der Waals surface area contributed by atoms with Crippen molar-refractivity contribution in [2.75, 3.05) is 26.2 Å². The maximum absolute atomic E-state index is 5.79. The molecular weight excluding hydrogens is 172 g/mol. The second-order valence-electron chi connectivity index (χ2n) is 5.89. The molecule has 84 valence electrons. The quantitative estimate of drug-likeness (QED) is 0.748. The van der Waals surface area contributed by atoms with Crippen LogP contribution in [-0.4, -0.2) is 31.1 Å². The third-order valence-electron chi connectivity index (χ3n) is 3.49. The van der Waals surface area contributed by atoms with Crippen LogP contribution in [-0.2, 0) is 0 Å². The van der Waals surface area contributed by atoms with Crippen molar-refractivity contribution in [3.8, 4) is 0 Å². The SMILES string of the molecule is CC(C)C(CN)CN1CCC(C)(C)C1. The Labute approximate surface area is 88.8 Å². The van der Waals surface area contributed by atoms with E-state index in [0.29, 0.717) is 17.3 Å². The lowest BCUT2D eigenvalue weighted by Gasteiger charge is -2.26. The van der Waals surface area contributed by atoms with Gasteiger partial charge in [0, 0.05) is 13.1 Å². The number of likely N-dealkylation sites (tertiary alicyclic amines) is 1. The predicted octanol–water partition coefficient (Wildman–Crippen LogP) is 1.95. The second kappa shape index (κ2) is 4.63. The van der Waals surface area contributed by atoms with Crippen LogP contribution in [0.3, 0.4) is 0 Å². The van der Waals surface area contributed by atoms with E-state index in [1.165, 1.54) is 26.1 Å². The third kappa shape index (κ3) is 3.25. The van der Waals surface area contributed by atoms with Crippen LogP contribution in [0.5, 0.6) is 0 Å². The van der Waals surface area contributed by atoms with Crippen molar-refractivity contribution >= 4 is 0 Å². The largest absolute Gasteiger partial charge is 0.330 e. The van der Waals surface area contributed by atoms with Crippen molar-refractivity contribution in [3.05, 3.63) is 0 Å². The molecule has 2 heteroatoms. The van der Waals surface area contributed by atoms with Crippen LogP contribution in [0.15, 0.2) is 0 Å². The van der Waals surface area contributed by atoms with E-state index in [2.05, 4.69) is 32.6 Å². The van der Waals surface area contributed by atoms with Gasteiger partial charge in [0.05, 0.1) is 0 Å². The molecule has 2 N–H and O–H groups in total. The van der Waals surface area contributed by atoms with Gasteiger partial charge in [-0.2, -0.15) is 0 Å². The van der Waals surface area contributed by atoms with Gasteiger partial charge in [-0.1, -0.05) is 27.7 Å². The van der Waals surface area contributed by atoms with Gasteiger partial charge < -0.3 is 10.6 Å². The highest BCUT2D eigenvalue weighted by Gasteiger charge is 2.30. The Bertz CT molecular complexity index is 175. The predicted molar refractivity (Wildman–Crippen MR) is 62.2 cm³/mol. The Morgan fingerprint density at radius 2 is 2.00 bits per heavy atom. The van der Waals surface area contributed by atoms with Crippen molar-refractivity contribution in [2.24, 2.45) is 23.0 Å². The Hall–Kier alpha value is -0.0800. The smallest absolute Gasteiger partial charge is 0.00333 e. The fraction of sp³-hybridized carbons (Fsp3) is 1.00. The standard InChI is InChI=1S/C12H26N2/c1-10(2)11(7-13)8-14-6-5-12(3,4)9-14/h10-11H,5-9,13H2,1-4H3. The van der Waals surface area contributed by atoms with Crippen LogP contribution in [0.4, 0.5) is 0 Å². The summed E-state index contributed by atoms with van der Waals surface area (Å²) in [5, 5.41) is 0. The van der Waals surface area contributed by atoms with Crippen LogP contribution >= 0.6 is 0 Å². The normalized spacial score (nSPS) is 24.4. The summed E-state index contributed by atoms with van der Waals surface area (Å²) < 4.78 is 0. The van der Waals surface area contributed by atoms with Crippen LogP contribution in [0.25, 0.3) is 0 Å². The summed E-state index contributed by atoms with van der Waals surface area (Å²) in [4.78, 5) is 2.58. The van der Waals surface area contributed by atoms with Gasteiger partial charge in [-0.25, -0.2) is 0 Å². The van der Waals surface area contributed by atoms with E-state index in [-0.39, 0.29) is 0 Å². The van der Waals surface area contributed by atoms with Crippen LogP contribution in [0.1, 0.15) is 34.1 Å². The number of hydrogen-bond acceptors (Lipinski definition) is 2. The lowest BCUT2D eigenvalue weighted by atomic mass is 9.93. The highest BCUT2D eigenvalue weighted by Crippen LogP contribution is 2.29. The van der Waals surface area contributed by atoms with E-state index in [1.54, 1.807) is 0 Å². The summed E-state index contributed by atoms with van der Waals surface area (Å²) in [6, 6.07) is 0. The average Bonchev–Trinajstić information content (AvgIpc) is 2.41. The van der Waals surface area contributed by atoms with Crippen molar-refractivity contribution in [3.63, 3.8) is 0 Å². The van der Waals surface area contributed by atoms with E-state index in [1.807, 2.05) is 0 Å². The molecule has 1 fully saturated rings. The molecule has 0 aliphatic carbocycles. The summed E-state index contributed by atoms with van der Waals surface area (Å²) in [7, 11) is 0. The van der Waals surface area contributed by atoms with Gasteiger partial charge in [0.1, 0.15) is 0 Å². The minimum atomic E-state index is 0.524. The Morgan fingerprint density at radius 3 is 2.36 bits per heavy atom. The monoisotopic (exact) mass is 198 g/mol. The van der Waals surface area contributed by atoms with Crippen LogP contribution in [0, 0.1) is 17.3 Å². The Balaban J connectivity index is 2.38. The molecule has 0 spiro atoms. The maximum atomic E-state index is 5.79. The van der Waals surface area contributed by atoms with E-state index in [4.69, 9.17) is 5.73 Å². The molecule has 0 bridgehead atoms. The van der Waals surface area contributed by atoms with Gasteiger partial charge in [0.25, 0.3) is 0 Å². The fourth-order valence-electron chi connectivity index (χ4n) is 2.27. The molecule has 0 aromatic heterocycles. The molecule has 0 aromatic rings. The molecule has 1 rings (SSSR count). The Kier molecular flexibility index (Phi) is 3.96. The highest BCUT2D eigenvalue weighted by atomic mass is 15.2. The Morgan fingerprint density at radius 1 is 1.36 bits per heavy atom. The molecule has 0 amide bonds. The summed E-state index contributed by atoms with van der Waals surface area (Å²) in [6.07, 6.45) is 1.34. The zero-order chi connectivity index (χ0) is 10.8. The molecule has 14 heavy (non-hydrogen) atoms. The molecule has 1 heterocycles. The summed E-state index contributed by atoms with van der Waals surface area (Å²) in [6.45, 7) is 13.8. The molecular formula is C12H26N2. The molecule has 0 saturated carbocycles. The molecule has 1 atom stereocenters. The summed E-state index contributed by atoms with van der Waals surface area (Å²) in [5.41, 5.74) is 6.32. The molecule has 1 unspecified atom stereocenters. The van der Waals surface area contributed by atoms with E-state index in [0.717, 1.165) is 6.54 Å². The summed E-state index contributed by atoms with van der Waals surface area (Å²) >= 11 is 0. The topological polar surface area (TPSA) is 29.3 Å². The maximum Gasteiger partial charge on any atom is 0.00333 e. The van der Waals surface area contributed by atoms with Crippen molar-refractivity contribution in [2.45, 2.75) is 34.1 Å². The van der Waals surface area contributed by atoms with Crippen LogP contribution in [0.2, 0.25) is 0 Å². The molecule has 0 radical (unpaired) electrons. The fourth-order valence-corrected chi connectivity index (χ4v) is 2.27. The number of rotatable bonds is 4.